The maximum atomic E-state index is 13.8. The van der Waals surface area contributed by atoms with E-state index in [4.69, 9.17) is 4.43 Å². The van der Waals surface area contributed by atoms with Crippen molar-refractivity contribution in [1.29, 1.82) is 0 Å². The maximum absolute atomic E-state index is 13.8. The quantitative estimate of drug-likeness (QED) is 0.266. The van der Waals surface area contributed by atoms with E-state index in [0.717, 1.165) is 12.1 Å². The van der Waals surface area contributed by atoms with Gasteiger partial charge >= 0.3 is 12.4 Å². The van der Waals surface area contributed by atoms with Crippen LogP contribution in [-0.2, 0) is 10.0 Å². The summed E-state index contributed by atoms with van der Waals surface area (Å²) < 4.78 is 88.1. The summed E-state index contributed by atoms with van der Waals surface area (Å²) in [6, 6.07) is 4.07. The second-order valence-corrected chi connectivity index (χ2v) is 13.0. The van der Waals surface area contributed by atoms with Crippen molar-refractivity contribution in [2.45, 2.75) is 56.9 Å². The van der Waals surface area contributed by atoms with Gasteiger partial charge in [-0.2, -0.15) is 26.3 Å². The fourth-order valence-electron chi connectivity index (χ4n) is 1.88. The monoisotopic (exact) mass is 484 g/mol. The van der Waals surface area contributed by atoms with Gasteiger partial charge in [-0.25, -0.2) is 0 Å². The highest BCUT2D eigenvalue weighted by atomic mass is 127. The Kier molecular flexibility index (Phi) is 5.85. The van der Waals surface area contributed by atoms with Gasteiger partial charge in [-0.05, 0) is 52.9 Å². The molecule has 0 fully saturated rings. The minimum atomic E-state index is -5.65. The Morgan fingerprint density at radius 1 is 0.833 bits per heavy atom. The predicted octanol–water partition coefficient (Wildman–Crippen LogP) is 6.63. The van der Waals surface area contributed by atoms with E-state index in [1.165, 1.54) is 25.2 Å². The molecule has 9 heteroatoms. The van der Waals surface area contributed by atoms with Crippen LogP contribution in [0.15, 0.2) is 24.3 Å². The first kappa shape index (κ1) is 21.7. The van der Waals surface area contributed by atoms with E-state index in [9.17, 15) is 26.3 Å². The number of alkyl halides is 6. The smallest absolute Gasteiger partial charge is 0.393 e. The molecule has 1 aromatic rings. The molecule has 0 spiro atoms. The van der Waals surface area contributed by atoms with Crippen LogP contribution in [-0.4, -0.2) is 20.7 Å². The highest BCUT2D eigenvalue weighted by Crippen LogP contribution is 2.56. The third kappa shape index (κ3) is 3.92. The van der Waals surface area contributed by atoms with E-state index in [1.807, 2.05) is 22.6 Å². The molecule has 1 rings (SSSR count). The molecule has 0 radical (unpaired) electrons. The van der Waals surface area contributed by atoms with Gasteiger partial charge in [-0.1, -0.05) is 32.9 Å². The predicted molar refractivity (Wildman–Crippen MR) is 91.2 cm³/mol. The fraction of sp³-hybridized carbons (Fsp3) is 0.600. The zero-order valence-electron chi connectivity index (χ0n) is 13.9. The molecule has 0 aliphatic carbocycles. The van der Waals surface area contributed by atoms with Crippen molar-refractivity contribution in [3.05, 3.63) is 33.4 Å². The van der Waals surface area contributed by atoms with Crippen LogP contribution in [0.3, 0.4) is 0 Å². The van der Waals surface area contributed by atoms with Gasteiger partial charge < -0.3 is 4.43 Å². The first-order valence-corrected chi connectivity index (χ1v) is 11.0. The van der Waals surface area contributed by atoms with Gasteiger partial charge in [0.15, 0.2) is 8.32 Å². The van der Waals surface area contributed by atoms with E-state index >= 15 is 0 Å². The Balaban J connectivity index is 3.71. The number of halogens is 7. The lowest BCUT2D eigenvalue weighted by Gasteiger charge is -2.46. The minimum Gasteiger partial charge on any atom is -0.393 e. The van der Waals surface area contributed by atoms with E-state index < -0.39 is 36.9 Å². The van der Waals surface area contributed by atoms with Crippen molar-refractivity contribution in [2.75, 3.05) is 0 Å². The van der Waals surface area contributed by atoms with Gasteiger partial charge in [0.05, 0.1) is 0 Å². The molecule has 0 bridgehead atoms. The SMILES string of the molecule is CC(C)(C)[Si](C)(C)OC(c1ccc(I)cc1)(C(F)(F)F)C(F)(F)F. The van der Waals surface area contributed by atoms with Gasteiger partial charge in [0.2, 0.25) is 0 Å². The highest BCUT2D eigenvalue weighted by molar-refractivity contribution is 14.1. The van der Waals surface area contributed by atoms with Crippen molar-refractivity contribution in [3.8, 4) is 0 Å². The van der Waals surface area contributed by atoms with Crippen LogP contribution >= 0.6 is 22.6 Å². The molecule has 0 N–H and O–H groups in total. The second-order valence-electron chi connectivity index (χ2n) is 7.05. The standard InChI is InChI=1S/C15H19F6IOSi/c1-12(2,3)24(4,5)23-13(14(16,17)18,15(19,20)21)10-6-8-11(22)9-7-10/h6-9H,1-5H3. The normalized spacial score (nSPS) is 14.8. The van der Waals surface area contributed by atoms with Crippen molar-refractivity contribution in [2.24, 2.45) is 0 Å². The summed E-state index contributed by atoms with van der Waals surface area (Å²) in [5.41, 5.74) is -5.29. The first-order chi connectivity index (χ1) is 10.5. The van der Waals surface area contributed by atoms with Crippen molar-refractivity contribution in [1.82, 2.24) is 0 Å². The van der Waals surface area contributed by atoms with Crippen molar-refractivity contribution in [3.63, 3.8) is 0 Å². The Hall–Kier alpha value is -0.293. The van der Waals surface area contributed by atoms with Gasteiger partial charge in [0, 0.05) is 9.13 Å². The largest absolute Gasteiger partial charge is 0.429 e. The third-order valence-corrected chi connectivity index (χ3v) is 9.41. The Bertz CT molecular complexity index is 558. The van der Waals surface area contributed by atoms with Crippen molar-refractivity contribution >= 4 is 30.9 Å². The Morgan fingerprint density at radius 2 is 1.21 bits per heavy atom. The summed E-state index contributed by atoms with van der Waals surface area (Å²) in [6.07, 6.45) is -11.3. The highest BCUT2D eigenvalue weighted by Gasteiger charge is 2.74. The van der Waals surface area contributed by atoms with Gasteiger partial charge in [0.25, 0.3) is 5.60 Å². The lowest BCUT2D eigenvalue weighted by molar-refractivity contribution is -0.369. The summed E-state index contributed by atoms with van der Waals surface area (Å²) in [4.78, 5) is 0. The lowest BCUT2D eigenvalue weighted by atomic mass is 9.92. The van der Waals surface area contributed by atoms with Crippen LogP contribution < -0.4 is 0 Å². The topological polar surface area (TPSA) is 9.23 Å². The molecule has 0 saturated heterocycles. The average molecular weight is 484 g/mol. The molecule has 1 nitrogen and oxygen atoms in total. The molecule has 0 aliphatic heterocycles. The second kappa shape index (κ2) is 6.46. The number of benzene rings is 1. The van der Waals surface area contributed by atoms with Crippen LogP contribution in [0, 0.1) is 3.57 Å². The van der Waals surface area contributed by atoms with Crippen LogP contribution in [0.2, 0.25) is 18.1 Å². The van der Waals surface area contributed by atoms with Gasteiger partial charge in [-0.3, -0.25) is 0 Å². The molecule has 0 unspecified atom stereocenters. The summed E-state index contributed by atoms with van der Waals surface area (Å²) in [5, 5.41) is -0.821. The molecule has 0 atom stereocenters. The first-order valence-electron chi connectivity index (χ1n) is 7.05. The molecule has 138 valence electrons. The molecule has 0 saturated carbocycles. The average Bonchev–Trinajstić information content (AvgIpc) is 2.32. The molecular weight excluding hydrogens is 465 g/mol. The minimum absolute atomic E-state index is 0.530. The molecule has 24 heavy (non-hydrogen) atoms. The molecule has 0 heterocycles. The molecule has 0 amide bonds. The summed E-state index contributed by atoms with van der Waals surface area (Å²) in [7, 11) is -3.40. The number of hydrogen-bond acceptors (Lipinski definition) is 1. The van der Waals surface area contributed by atoms with E-state index in [0.29, 0.717) is 3.57 Å². The molecular formula is C15H19F6IOSi. The number of rotatable bonds is 3. The maximum Gasteiger partial charge on any atom is 0.429 e. The van der Waals surface area contributed by atoms with Crippen LogP contribution in [0.25, 0.3) is 0 Å². The zero-order chi connectivity index (χ0) is 19.2. The molecule has 1 aromatic carbocycles. The summed E-state index contributed by atoms with van der Waals surface area (Å²) >= 11 is 1.81. The summed E-state index contributed by atoms with van der Waals surface area (Å²) in [6.45, 7) is 7.50. The van der Waals surface area contributed by atoms with E-state index in [1.54, 1.807) is 20.8 Å². The Labute approximate surface area is 152 Å². The molecule has 0 aromatic heterocycles. The van der Waals surface area contributed by atoms with Crippen LogP contribution in [0.5, 0.6) is 0 Å². The van der Waals surface area contributed by atoms with Gasteiger partial charge in [-0.15, -0.1) is 0 Å². The van der Waals surface area contributed by atoms with E-state index in [2.05, 4.69) is 0 Å². The third-order valence-electron chi connectivity index (χ3n) is 4.26. The van der Waals surface area contributed by atoms with Crippen LogP contribution in [0.1, 0.15) is 26.3 Å². The summed E-state index contributed by atoms with van der Waals surface area (Å²) in [5.74, 6) is 0. The van der Waals surface area contributed by atoms with Crippen LogP contribution in [0.4, 0.5) is 26.3 Å². The van der Waals surface area contributed by atoms with Crippen molar-refractivity contribution < 1.29 is 30.8 Å². The zero-order valence-corrected chi connectivity index (χ0v) is 17.0. The van der Waals surface area contributed by atoms with E-state index in [-0.39, 0.29) is 0 Å². The van der Waals surface area contributed by atoms with Gasteiger partial charge in [0.1, 0.15) is 0 Å². The molecule has 0 aliphatic rings. The number of hydrogen-bond donors (Lipinski definition) is 0. The Morgan fingerprint density at radius 3 is 1.50 bits per heavy atom. The lowest BCUT2D eigenvalue weighted by Crippen LogP contribution is -2.62. The fourth-order valence-corrected chi connectivity index (χ4v) is 3.66.